The number of hydrogen-bond acceptors (Lipinski definition) is 1. The molecule has 0 aromatic rings. The van der Waals surface area contributed by atoms with Crippen LogP contribution in [0.5, 0.6) is 0 Å². The van der Waals surface area contributed by atoms with Crippen LogP contribution in [0.15, 0.2) is 16.0 Å². The number of halogens is 4. The van der Waals surface area contributed by atoms with Crippen LogP contribution in [0.25, 0.3) is 5.32 Å². The third-order valence-electron chi connectivity index (χ3n) is 1.33. The van der Waals surface area contributed by atoms with Gasteiger partial charge in [-0.1, -0.05) is 30.1 Å². The quantitative estimate of drug-likeness (QED) is 0.472. The smallest absolute Gasteiger partial charge is 1.00 e. The van der Waals surface area contributed by atoms with Crippen LogP contribution in [-0.4, -0.2) is 34.4 Å². The minimum atomic E-state index is -0.549. The average Bonchev–Trinajstić information content (AvgIpc) is 1.96. The zero-order valence-corrected chi connectivity index (χ0v) is 11.4. The molecular weight excluding hydrogens is 294 g/mol. The number of amidine groups is 1. The molecule has 7 heteroatoms. The van der Waals surface area contributed by atoms with E-state index in [0.717, 1.165) is 0 Å². The Morgan fingerprint density at radius 1 is 1.54 bits per heavy atom. The van der Waals surface area contributed by atoms with Gasteiger partial charge in [0.2, 0.25) is 0 Å². The van der Waals surface area contributed by atoms with E-state index in [1.54, 1.807) is 6.92 Å². The molecule has 0 fully saturated rings. The summed E-state index contributed by atoms with van der Waals surface area (Å²) in [6.45, 7) is 1.80. The zero-order valence-electron chi connectivity index (χ0n) is 6.90. The number of rotatable bonds is 1. The summed E-state index contributed by atoms with van der Waals surface area (Å²) in [5.74, 6) is -0.501. The van der Waals surface area contributed by atoms with Gasteiger partial charge in [-0.2, -0.15) is 0 Å². The van der Waals surface area contributed by atoms with E-state index in [-0.39, 0.29) is 50.5 Å². The number of aliphatic imine (C=N–C) groups is 1. The molecule has 0 amide bonds. The Labute approximate surface area is 113 Å². The summed E-state index contributed by atoms with van der Waals surface area (Å²) in [6, 6.07) is -0.549. The van der Waals surface area contributed by atoms with Crippen LogP contribution < -0.4 is 17.0 Å². The van der Waals surface area contributed by atoms with Gasteiger partial charge in [0.05, 0.1) is 5.16 Å². The largest absolute Gasteiger partial charge is 2.00 e. The van der Waals surface area contributed by atoms with Gasteiger partial charge in [0.25, 0.3) is 0 Å². The maximum Gasteiger partial charge on any atom is 2.00 e. The molecule has 13 heavy (non-hydrogen) atoms. The molecular formula is C6H6BrCl2FMgN2. The fourth-order valence-electron chi connectivity index (χ4n) is 0.757. The molecule has 0 aromatic heterocycles. The fourth-order valence-corrected chi connectivity index (χ4v) is 1.21. The van der Waals surface area contributed by atoms with E-state index in [1.165, 1.54) is 0 Å². The van der Waals surface area contributed by atoms with Crippen LogP contribution >= 0.6 is 23.2 Å². The Morgan fingerprint density at radius 3 is 2.54 bits per heavy atom. The van der Waals surface area contributed by atoms with Gasteiger partial charge in [0.1, 0.15) is 5.83 Å². The second-order valence-electron chi connectivity index (χ2n) is 2.07. The Balaban J connectivity index is 0. The molecule has 2 nitrogen and oxygen atoms in total. The monoisotopic (exact) mass is 298 g/mol. The van der Waals surface area contributed by atoms with Crippen molar-refractivity contribution in [2.75, 3.05) is 0 Å². The number of nitrogens with zero attached hydrogens (tertiary/aromatic N) is 2. The van der Waals surface area contributed by atoms with Crippen LogP contribution in [-0.2, 0) is 0 Å². The van der Waals surface area contributed by atoms with E-state index in [1.807, 2.05) is 0 Å². The van der Waals surface area contributed by atoms with Gasteiger partial charge in [-0.05, 0) is 6.42 Å². The molecule has 0 radical (unpaired) electrons. The molecule has 0 saturated heterocycles. The van der Waals surface area contributed by atoms with Crippen molar-refractivity contribution in [3.05, 3.63) is 16.3 Å². The molecule has 1 aliphatic rings. The summed E-state index contributed by atoms with van der Waals surface area (Å²) in [6.07, 6.45) is 0.536. The zero-order chi connectivity index (χ0) is 8.43. The Kier molecular flexibility index (Phi) is 9.19. The van der Waals surface area contributed by atoms with Crippen molar-refractivity contribution in [2.24, 2.45) is 4.99 Å². The van der Waals surface area contributed by atoms with Gasteiger partial charge in [-0.15, -0.1) is 0 Å². The topological polar surface area (TPSA) is 26.5 Å². The summed E-state index contributed by atoms with van der Waals surface area (Å²) in [7, 11) is 0. The molecule has 1 unspecified atom stereocenters. The van der Waals surface area contributed by atoms with E-state index < -0.39 is 11.9 Å². The normalized spacial score (nSPS) is 20.9. The second-order valence-corrected chi connectivity index (χ2v) is 2.77. The summed E-state index contributed by atoms with van der Waals surface area (Å²) in [5, 5.41) is 3.56. The van der Waals surface area contributed by atoms with Crippen LogP contribution in [0.1, 0.15) is 13.3 Å². The number of hydrogen-bond donors (Lipinski definition) is 0. The van der Waals surface area contributed by atoms with Gasteiger partial charge in [0.15, 0.2) is 0 Å². The first-order chi connectivity index (χ1) is 5.15. The van der Waals surface area contributed by atoms with Gasteiger partial charge >= 0.3 is 23.1 Å². The summed E-state index contributed by atoms with van der Waals surface area (Å²) in [5.41, 5.74) is 0. The molecule has 0 spiro atoms. The molecule has 0 aromatic carbocycles. The van der Waals surface area contributed by atoms with Crippen molar-refractivity contribution in [2.45, 2.75) is 19.4 Å². The SMILES string of the molecule is CCC1[N-]C(Cl)=NC(Cl)=C1F.[Br-].[Mg+2]. The minimum absolute atomic E-state index is 0. The second kappa shape index (κ2) is 7.28. The molecule has 0 N–H and O–H groups in total. The maximum absolute atomic E-state index is 12.9. The Morgan fingerprint density at radius 2 is 2.08 bits per heavy atom. The summed E-state index contributed by atoms with van der Waals surface area (Å²) in [4.78, 5) is 3.45. The van der Waals surface area contributed by atoms with Crippen molar-refractivity contribution in [1.82, 2.24) is 0 Å². The average molecular weight is 300 g/mol. The van der Waals surface area contributed by atoms with E-state index in [4.69, 9.17) is 23.2 Å². The molecule has 0 aliphatic carbocycles. The first-order valence-electron chi connectivity index (χ1n) is 3.15. The molecule has 1 atom stereocenters. The van der Waals surface area contributed by atoms with E-state index in [2.05, 4.69) is 10.3 Å². The molecule has 1 heterocycles. The van der Waals surface area contributed by atoms with E-state index in [0.29, 0.717) is 6.42 Å². The maximum atomic E-state index is 12.9. The summed E-state index contributed by atoms with van der Waals surface area (Å²) >= 11 is 10.9. The predicted molar refractivity (Wildman–Crippen MR) is 50.5 cm³/mol. The van der Waals surface area contributed by atoms with Crippen LogP contribution in [0, 0.1) is 0 Å². The summed E-state index contributed by atoms with van der Waals surface area (Å²) < 4.78 is 12.9. The van der Waals surface area contributed by atoms with Crippen molar-refractivity contribution in [1.29, 1.82) is 0 Å². The molecule has 0 bridgehead atoms. The van der Waals surface area contributed by atoms with Gasteiger partial charge in [-0.3, -0.25) is 0 Å². The Bertz CT molecular complexity index is 235. The molecule has 0 saturated carbocycles. The van der Waals surface area contributed by atoms with Crippen molar-refractivity contribution < 1.29 is 21.4 Å². The minimum Gasteiger partial charge on any atom is -1.00 e. The van der Waals surface area contributed by atoms with E-state index in [9.17, 15) is 4.39 Å². The molecule has 70 valence electrons. The predicted octanol–water partition coefficient (Wildman–Crippen LogP) is -0.252. The van der Waals surface area contributed by atoms with Crippen molar-refractivity contribution >= 4 is 51.5 Å². The van der Waals surface area contributed by atoms with Gasteiger partial charge < -0.3 is 27.3 Å². The van der Waals surface area contributed by atoms with Crippen LogP contribution in [0.2, 0.25) is 0 Å². The Hall–Kier alpha value is 0.966. The van der Waals surface area contributed by atoms with E-state index >= 15 is 0 Å². The van der Waals surface area contributed by atoms with Crippen molar-refractivity contribution in [3.8, 4) is 0 Å². The van der Waals surface area contributed by atoms with Crippen molar-refractivity contribution in [3.63, 3.8) is 0 Å². The fraction of sp³-hybridized carbons (Fsp3) is 0.500. The van der Waals surface area contributed by atoms with Gasteiger partial charge in [0, 0.05) is 11.3 Å². The van der Waals surface area contributed by atoms with Gasteiger partial charge in [-0.25, -0.2) is 4.39 Å². The first-order valence-corrected chi connectivity index (χ1v) is 3.91. The third kappa shape index (κ3) is 4.33. The molecule has 1 aliphatic heterocycles. The molecule has 1 rings (SSSR count). The van der Waals surface area contributed by atoms with Crippen LogP contribution in [0.4, 0.5) is 4.39 Å². The first kappa shape index (κ1) is 16.4. The third-order valence-corrected chi connectivity index (χ3v) is 1.78. The van der Waals surface area contributed by atoms with Crippen LogP contribution in [0.3, 0.4) is 0 Å². The standard InChI is InChI=1S/C6H6Cl2FN2.BrH.Mg/c1-2-3-4(9)5(7)11-6(8)10-3;;/h3H,2H2,1H3;1H;/q-1;;+2/p-1.